The largest absolute Gasteiger partial charge is 0.326 e. The van der Waals surface area contributed by atoms with Crippen molar-refractivity contribution in [2.75, 3.05) is 13.1 Å². The van der Waals surface area contributed by atoms with Gasteiger partial charge >= 0.3 is 0 Å². The molecule has 1 heterocycles. The van der Waals surface area contributed by atoms with Crippen molar-refractivity contribution in [1.82, 2.24) is 9.62 Å². The molecule has 1 aliphatic heterocycles. The Kier molecular flexibility index (Phi) is 5.86. The molecule has 1 saturated heterocycles. The van der Waals surface area contributed by atoms with E-state index in [9.17, 15) is 8.42 Å². The number of nitrogens with zero attached hydrogens (tertiary/aromatic N) is 1. The SMILES string of the molecule is NCc1ccccc1S(=O)(=O)NC1CCCN(Cc2ccccc2)C1. The van der Waals surface area contributed by atoms with Crippen molar-refractivity contribution in [3.8, 4) is 0 Å². The van der Waals surface area contributed by atoms with Gasteiger partial charge in [-0.05, 0) is 36.6 Å². The molecule has 3 rings (SSSR count). The molecule has 0 aliphatic carbocycles. The van der Waals surface area contributed by atoms with Gasteiger partial charge < -0.3 is 5.73 Å². The van der Waals surface area contributed by atoms with Crippen LogP contribution in [0, 0.1) is 0 Å². The minimum Gasteiger partial charge on any atom is -0.326 e. The van der Waals surface area contributed by atoms with Crippen molar-refractivity contribution in [3.05, 3.63) is 65.7 Å². The summed E-state index contributed by atoms with van der Waals surface area (Å²) in [5, 5.41) is 0. The van der Waals surface area contributed by atoms with Gasteiger partial charge in [0.1, 0.15) is 0 Å². The van der Waals surface area contributed by atoms with Crippen LogP contribution in [0.3, 0.4) is 0 Å². The molecule has 25 heavy (non-hydrogen) atoms. The van der Waals surface area contributed by atoms with Crippen molar-refractivity contribution in [1.29, 1.82) is 0 Å². The van der Waals surface area contributed by atoms with Crippen molar-refractivity contribution < 1.29 is 8.42 Å². The molecule has 1 fully saturated rings. The molecule has 1 aliphatic rings. The van der Waals surface area contributed by atoms with Crippen LogP contribution < -0.4 is 10.5 Å². The average molecular weight is 359 g/mol. The van der Waals surface area contributed by atoms with Crippen LogP contribution in [-0.2, 0) is 23.1 Å². The first-order valence-corrected chi connectivity index (χ1v) is 10.1. The van der Waals surface area contributed by atoms with E-state index in [1.165, 1.54) is 5.56 Å². The normalized spacial score (nSPS) is 19.0. The van der Waals surface area contributed by atoms with Crippen LogP contribution >= 0.6 is 0 Å². The van der Waals surface area contributed by atoms with Crippen LogP contribution in [0.4, 0.5) is 0 Å². The number of benzene rings is 2. The van der Waals surface area contributed by atoms with Crippen LogP contribution in [0.1, 0.15) is 24.0 Å². The topological polar surface area (TPSA) is 75.4 Å². The van der Waals surface area contributed by atoms with Gasteiger partial charge in [0.05, 0.1) is 4.90 Å². The molecule has 6 heteroatoms. The molecule has 134 valence electrons. The van der Waals surface area contributed by atoms with E-state index in [1.807, 2.05) is 24.3 Å². The fraction of sp³-hybridized carbons (Fsp3) is 0.368. The third-order valence-electron chi connectivity index (χ3n) is 4.56. The molecule has 0 bridgehead atoms. The first-order chi connectivity index (χ1) is 12.1. The molecular weight excluding hydrogens is 334 g/mol. The van der Waals surface area contributed by atoms with E-state index >= 15 is 0 Å². The summed E-state index contributed by atoms with van der Waals surface area (Å²) in [6.07, 6.45) is 1.84. The summed E-state index contributed by atoms with van der Waals surface area (Å²) in [6.45, 7) is 2.77. The number of nitrogens with one attached hydrogen (secondary N) is 1. The zero-order valence-corrected chi connectivity index (χ0v) is 15.1. The van der Waals surface area contributed by atoms with Gasteiger partial charge in [-0.1, -0.05) is 48.5 Å². The monoisotopic (exact) mass is 359 g/mol. The molecule has 0 aromatic heterocycles. The second-order valence-corrected chi connectivity index (χ2v) is 8.18. The van der Waals surface area contributed by atoms with Crippen molar-refractivity contribution >= 4 is 10.0 Å². The lowest BCUT2D eigenvalue weighted by Gasteiger charge is -2.33. The molecular formula is C19H25N3O2S. The van der Waals surface area contributed by atoms with Crippen LogP contribution in [0.15, 0.2) is 59.5 Å². The number of sulfonamides is 1. The fourth-order valence-electron chi connectivity index (χ4n) is 3.35. The Morgan fingerprint density at radius 3 is 2.56 bits per heavy atom. The summed E-state index contributed by atoms with van der Waals surface area (Å²) in [5.41, 5.74) is 7.58. The second-order valence-electron chi connectivity index (χ2n) is 6.49. The van der Waals surface area contributed by atoms with E-state index in [0.717, 1.165) is 32.5 Å². The summed E-state index contributed by atoms with van der Waals surface area (Å²) in [4.78, 5) is 2.60. The number of nitrogens with two attached hydrogens (primary N) is 1. The first-order valence-electron chi connectivity index (χ1n) is 8.65. The Balaban J connectivity index is 1.67. The Morgan fingerprint density at radius 2 is 1.80 bits per heavy atom. The van der Waals surface area contributed by atoms with Crippen LogP contribution in [0.25, 0.3) is 0 Å². The van der Waals surface area contributed by atoms with Crippen molar-refractivity contribution in [2.45, 2.75) is 36.9 Å². The van der Waals surface area contributed by atoms with Gasteiger partial charge in [-0.15, -0.1) is 0 Å². The van der Waals surface area contributed by atoms with Gasteiger partial charge in [-0.25, -0.2) is 13.1 Å². The smallest absolute Gasteiger partial charge is 0.241 e. The summed E-state index contributed by atoms with van der Waals surface area (Å²) >= 11 is 0. The van der Waals surface area contributed by atoms with Gasteiger partial charge in [-0.2, -0.15) is 0 Å². The van der Waals surface area contributed by atoms with E-state index < -0.39 is 10.0 Å². The highest BCUT2D eigenvalue weighted by molar-refractivity contribution is 7.89. The Bertz CT molecular complexity index is 793. The zero-order valence-electron chi connectivity index (χ0n) is 14.3. The average Bonchev–Trinajstić information content (AvgIpc) is 2.62. The fourth-order valence-corrected chi connectivity index (χ4v) is 4.87. The molecule has 0 spiro atoms. The maximum absolute atomic E-state index is 12.8. The van der Waals surface area contributed by atoms with Gasteiger partial charge in [0.25, 0.3) is 0 Å². The van der Waals surface area contributed by atoms with Crippen LogP contribution in [-0.4, -0.2) is 32.4 Å². The van der Waals surface area contributed by atoms with Crippen molar-refractivity contribution in [3.63, 3.8) is 0 Å². The van der Waals surface area contributed by atoms with Gasteiger partial charge in [0.2, 0.25) is 10.0 Å². The number of hydrogen-bond acceptors (Lipinski definition) is 4. The lowest BCUT2D eigenvalue weighted by atomic mass is 10.1. The molecule has 1 atom stereocenters. The van der Waals surface area contributed by atoms with Gasteiger partial charge in [0, 0.05) is 25.7 Å². The minimum absolute atomic E-state index is 0.0757. The Labute approximate surface area is 149 Å². The van der Waals surface area contributed by atoms with E-state index in [2.05, 4.69) is 21.8 Å². The molecule has 2 aromatic carbocycles. The van der Waals surface area contributed by atoms with E-state index in [-0.39, 0.29) is 17.5 Å². The highest BCUT2D eigenvalue weighted by atomic mass is 32.2. The quantitative estimate of drug-likeness (QED) is 0.828. The van der Waals surface area contributed by atoms with Gasteiger partial charge in [0.15, 0.2) is 0 Å². The lowest BCUT2D eigenvalue weighted by Crippen LogP contribution is -2.47. The first kappa shape index (κ1) is 18.1. The Morgan fingerprint density at radius 1 is 1.08 bits per heavy atom. The molecule has 1 unspecified atom stereocenters. The third kappa shape index (κ3) is 4.67. The second kappa shape index (κ2) is 8.10. The predicted octanol–water partition coefficient (Wildman–Crippen LogP) is 2.09. The van der Waals surface area contributed by atoms with Gasteiger partial charge in [-0.3, -0.25) is 4.90 Å². The van der Waals surface area contributed by atoms with E-state index in [4.69, 9.17) is 5.73 Å². The number of rotatable bonds is 6. The molecule has 0 radical (unpaired) electrons. The summed E-state index contributed by atoms with van der Waals surface area (Å²) < 4.78 is 28.4. The number of piperidine rings is 1. The summed E-state index contributed by atoms with van der Waals surface area (Å²) in [7, 11) is -3.56. The Hall–Kier alpha value is -1.73. The van der Waals surface area contributed by atoms with Crippen molar-refractivity contribution in [2.24, 2.45) is 5.73 Å². The standard InChI is InChI=1S/C19H25N3O2S/c20-13-17-9-4-5-11-19(17)25(23,24)21-18-10-6-12-22(15-18)14-16-7-2-1-3-8-16/h1-5,7-9,11,18,21H,6,10,12-15,20H2. The molecule has 2 aromatic rings. The lowest BCUT2D eigenvalue weighted by molar-refractivity contribution is 0.194. The number of likely N-dealkylation sites (tertiary alicyclic amines) is 1. The molecule has 0 saturated carbocycles. The number of hydrogen-bond donors (Lipinski definition) is 2. The third-order valence-corrected chi connectivity index (χ3v) is 6.18. The highest BCUT2D eigenvalue weighted by Gasteiger charge is 2.26. The summed E-state index contributed by atoms with van der Waals surface area (Å²) in [5.74, 6) is 0. The van der Waals surface area contributed by atoms with E-state index in [0.29, 0.717) is 5.56 Å². The minimum atomic E-state index is -3.56. The molecule has 5 nitrogen and oxygen atoms in total. The van der Waals surface area contributed by atoms with E-state index in [1.54, 1.807) is 18.2 Å². The molecule has 0 amide bonds. The van der Waals surface area contributed by atoms with Crippen LogP contribution in [0.2, 0.25) is 0 Å². The summed E-state index contributed by atoms with van der Waals surface area (Å²) in [6, 6.07) is 17.1. The highest BCUT2D eigenvalue weighted by Crippen LogP contribution is 2.19. The van der Waals surface area contributed by atoms with Crippen LogP contribution in [0.5, 0.6) is 0 Å². The predicted molar refractivity (Wildman–Crippen MR) is 99.4 cm³/mol. The zero-order chi connectivity index (χ0) is 17.7. The maximum Gasteiger partial charge on any atom is 0.241 e. The molecule has 3 N–H and O–H groups in total. The maximum atomic E-state index is 12.8.